The summed E-state index contributed by atoms with van der Waals surface area (Å²) in [5, 5.41) is 12.7. The molecule has 4 aromatic rings. The van der Waals surface area contributed by atoms with E-state index in [0.29, 0.717) is 17.5 Å². The van der Waals surface area contributed by atoms with Gasteiger partial charge in [0.2, 0.25) is 5.13 Å². The maximum absolute atomic E-state index is 12.7. The van der Waals surface area contributed by atoms with Gasteiger partial charge in [-0.15, -0.1) is 21.5 Å². The molecule has 0 saturated heterocycles. The molecule has 2 aromatic carbocycles. The van der Waals surface area contributed by atoms with Gasteiger partial charge in [-0.05, 0) is 19.1 Å². The molecule has 0 aliphatic carbocycles. The number of likely N-dealkylation sites (N-methyl/N-ethyl adjacent to an activating group) is 1. The number of anilines is 1. The third-order valence-corrected chi connectivity index (χ3v) is 6.29. The molecule has 156 valence electrons. The Kier molecular flexibility index (Phi) is 6.49. The molecule has 2 heterocycles. The van der Waals surface area contributed by atoms with Crippen LogP contribution in [0.4, 0.5) is 5.13 Å². The second-order valence-electron chi connectivity index (χ2n) is 6.67. The SMILES string of the molecule is Cc1nc(COc2ccccc2C=CC(=O)N(C)c2nnc(-c3ccccc3)s2)cs1. The molecule has 0 bridgehead atoms. The van der Waals surface area contributed by atoms with E-state index < -0.39 is 0 Å². The molecule has 0 atom stereocenters. The van der Waals surface area contributed by atoms with E-state index in [1.807, 2.05) is 66.9 Å². The van der Waals surface area contributed by atoms with Crippen molar-refractivity contribution >= 4 is 39.8 Å². The van der Waals surface area contributed by atoms with Crippen molar-refractivity contribution in [3.05, 3.63) is 82.3 Å². The number of aryl methyl sites for hydroxylation is 1. The number of ether oxygens (including phenoxy) is 1. The van der Waals surface area contributed by atoms with Crippen LogP contribution in [0.2, 0.25) is 0 Å². The number of carbonyl (C=O) groups is 1. The molecule has 1 amide bonds. The Morgan fingerprint density at radius 1 is 1.10 bits per heavy atom. The quantitative estimate of drug-likeness (QED) is 0.362. The fourth-order valence-electron chi connectivity index (χ4n) is 2.79. The number of carbonyl (C=O) groups excluding carboxylic acids is 1. The number of aromatic nitrogens is 3. The Labute approximate surface area is 188 Å². The van der Waals surface area contributed by atoms with Crippen LogP contribution < -0.4 is 9.64 Å². The van der Waals surface area contributed by atoms with Crippen molar-refractivity contribution < 1.29 is 9.53 Å². The van der Waals surface area contributed by atoms with Gasteiger partial charge in [-0.3, -0.25) is 9.69 Å². The van der Waals surface area contributed by atoms with Gasteiger partial charge in [-0.2, -0.15) is 0 Å². The summed E-state index contributed by atoms with van der Waals surface area (Å²) in [6.45, 7) is 2.35. The van der Waals surface area contributed by atoms with Crippen LogP contribution in [0, 0.1) is 6.92 Å². The smallest absolute Gasteiger partial charge is 0.252 e. The highest BCUT2D eigenvalue weighted by Gasteiger charge is 2.14. The summed E-state index contributed by atoms with van der Waals surface area (Å²) in [6.07, 6.45) is 3.26. The Balaban J connectivity index is 1.44. The molecule has 0 radical (unpaired) electrons. The molecular weight excluding hydrogens is 428 g/mol. The summed E-state index contributed by atoms with van der Waals surface area (Å²) in [4.78, 5) is 18.6. The van der Waals surface area contributed by atoms with E-state index >= 15 is 0 Å². The number of hydrogen-bond acceptors (Lipinski definition) is 7. The van der Waals surface area contributed by atoms with Crippen LogP contribution in [0.15, 0.2) is 66.1 Å². The number of benzene rings is 2. The van der Waals surface area contributed by atoms with Gasteiger partial charge in [0.05, 0.1) is 10.7 Å². The van der Waals surface area contributed by atoms with Gasteiger partial charge in [-0.1, -0.05) is 59.9 Å². The van der Waals surface area contributed by atoms with Crippen LogP contribution in [0.25, 0.3) is 16.6 Å². The van der Waals surface area contributed by atoms with Crippen molar-refractivity contribution in [2.45, 2.75) is 13.5 Å². The zero-order chi connectivity index (χ0) is 21.6. The van der Waals surface area contributed by atoms with Gasteiger partial charge in [-0.25, -0.2) is 4.98 Å². The minimum Gasteiger partial charge on any atom is -0.487 e. The average Bonchev–Trinajstić information content (AvgIpc) is 3.46. The Morgan fingerprint density at radius 3 is 2.65 bits per heavy atom. The fourth-order valence-corrected chi connectivity index (χ4v) is 4.21. The van der Waals surface area contributed by atoms with Gasteiger partial charge in [0, 0.05) is 29.6 Å². The summed E-state index contributed by atoms with van der Waals surface area (Å²) in [5.74, 6) is 0.503. The topological polar surface area (TPSA) is 68.2 Å². The van der Waals surface area contributed by atoms with Crippen LogP contribution in [0.5, 0.6) is 5.75 Å². The summed E-state index contributed by atoms with van der Waals surface area (Å²) in [6, 6.07) is 17.4. The summed E-state index contributed by atoms with van der Waals surface area (Å²) in [7, 11) is 1.69. The van der Waals surface area contributed by atoms with Crippen LogP contribution in [0.3, 0.4) is 0 Å². The highest BCUT2D eigenvalue weighted by Crippen LogP contribution is 2.28. The Morgan fingerprint density at radius 2 is 1.87 bits per heavy atom. The van der Waals surface area contributed by atoms with E-state index in [-0.39, 0.29) is 5.91 Å². The molecule has 6 nitrogen and oxygen atoms in total. The molecule has 2 aromatic heterocycles. The second kappa shape index (κ2) is 9.63. The first kappa shape index (κ1) is 20.9. The van der Waals surface area contributed by atoms with Gasteiger partial charge in [0.1, 0.15) is 17.4 Å². The molecule has 0 aliphatic heterocycles. The number of amides is 1. The normalized spacial score (nSPS) is 11.0. The summed E-state index contributed by atoms with van der Waals surface area (Å²) >= 11 is 2.97. The lowest BCUT2D eigenvalue weighted by atomic mass is 10.2. The van der Waals surface area contributed by atoms with Gasteiger partial charge in [0.25, 0.3) is 5.91 Å². The summed E-state index contributed by atoms with van der Waals surface area (Å²) < 4.78 is 5.91. The number of nitrogens with zero attached hydrogens (tertiary/aromatic N) is 4. The van der Waals surface area contributed by atoms with E-state index in [1.54, 1.807) is 24.5 Å². The standard InChI is InChI=1S/C23H20N4O2S2/c1-16-24-19(15-30-16)14-29-20-11-7-6-8-17(20)12-13-21(28)27(2)23-26-25-22(31-23)18-9-4-3-5-10-18/h3-13,15H,14H2,1-2H3. The summed E-state index contributed by atoms with van der Waals surface area (Å²) in [5.41, 5.74) is 2.69. The lowest BCUT2D eigenvalue weighted by Crippen LogP contribution is -2.23. The second-order valence-corrected chi connectivity index (χ2v) is 8.69. The van der Waals surface area contributed by atoms with E-state index in [4.69, 9.17) is 4.74 Å². The van der Waals surface area contributed by atoms with Crippen molar-refractivity contribution in [2.24, 2.45) is 0 Å². The predicted octanol–water partition coefficient (Wildman–Crippen LogP) is 5.23. The van der Waals surface area contributed by atoms with Crippen molar-refractivity contribution in [3.8, 4) is 16.3 Å². The highest BCUT2D eigenvalue weighted by molar-refractivity contribution is 7.18. The predicted molar refractivity (Wildman–Crippen MR) is 125 cm³/mol. The average molecular weight is 449 g/mol. The number of para-hydroxylation sites is 1. The van der Waals surface area contributed by atoms with Crippen molar-refractivity contribution in [1.82, 2.24) is 15.2 Å². The Hall–Kier alpha value is -3.36. The maximum Gasteiger partial charge on any atom is 0.252 e. The third-order valence-electron chi connectivity index (χ3n) is 4.42. The molecule has 4 rings (SSSR count). The first-order valence-corrected chi connectivity index (χ1v) is 11.3. The molecule has 0 spiro atoms. The zero-order valence-electron chi connectivity index (χ0n) is 17.1. The number of hydrogen-bond donors (Lipinski definition) is 0. The van der Waals surface area contributed by atoms with Crippen molar-refractivity contribution in [3.63, 3.8) is 0 Å². The number of rotatable bonds is 7. The Bertz CT molecular complexity index is 1200. The van der Waals surface area contributed by atoms with Crippen molar-refractivity contribution in [2.75, 3.05) is 11.9 Å². The first-order valence-electron chi connectivity index (χ1n) is 9.57. The first-order chi connectivity index (χ1) is 15.1. The van der Waals surface area contributed by atoms with E-state index in [0.717, 1.165) is 26.8 Å². The van der Waals surface area contributed by atoms with Gasteiger partial charge < -0.3 is 4.74 Å². The number of thiazole rings is 1. The molecular formula is C23H20N4O2S2. The minimum atomic E-state index is -0.194. The van der Waals surface area contributed by atoms with E-state index in [1.165, 1.54) is 22.3 Å². The van der Waals surface area contributed by atoms with Crippen LogP contribution in [0.1, 0.15) is 16.3 Å². The third kappa shape index (κ3) is 5.22. The van der Waals surface area contributed by atoms with Crippen molar-refractivity contribution in [1.29, 1.82) is 0 Å². The van der Waals surface area contributed by atoms with Crippen LogP contribution in [-0.2, 0) is 11.4 Å². The molecule has 8 heteroatoms. The van der Waals surface area contributed by atoms with Gasteiger partial charge in [0.15, 0.2) is 0 Å². The largest absolute Gasteiger partial charge is 0.487 e. The zero-order valence-corrected chi connectivity index (χ0v) is 18.7. The lowest BCUT2D eigenvalue weighted by molar-refractivity contribution is -0.113. The van der Waals surface area contributed by atoms with Gasteiger partial charge >= 0.3 is 0 Å². The monoisotopic (exact) mass is 448 g/mol. The molecule has 0 saturated carbocycles. The van der Waals surface area contributed by atoms with Crippen LogP contribution >= 0.6 is 22.7 Å². The van der Waals surface area contributed by atoms with E-state index in [2.05, 4.69) is 15.2 Å². The minimum absolute atomic E-state index is 0.194. The molecule has 0 N–H and O–H groups in total. The maximum atomic E-state index is 12.7. The van der Waals surface area contributed by atoms with Crippen LogP contribution in [-0.4, -0.2) is 28.1 Å². The molecule has 0 fully saturated rings. The molecule has 31 heavy (non-hydrogen) atoms. The molecule has 0 unspecified atom stereocenters. The highest BCUT2D eigenvalue weighted by atomic mass is 32.1. The lowest BCUT2D eigenvalue weighted by Gasteiger charge is -2.10. The fraction of sp³-hybridized carbons (Fsp3) is 0.130. The molecule has 0 aliphatic rings. The van der Waals surface area contributed by atoms with E-state index in [9.17, 15) is 4.79 Å².